The highest BCUT2D eigenvalue weighted by Crippen LogP contribution is 2.49. The zero-order valence-corrected chi connectivity index (χ0v) is 8.79. The van der Waals surface area contributed by atoms with E-state index in [2.05, 4.69) is 19.9 Å². The molecule has 0 spiro atoms. The highest BCUT2D eigenvalue weighted by atomic mass is 14.6. The number of rotatable bonds is 2. The zero-order valence-electron chi connectivity index (χ0n) is 8.79. The lowest BCUT2D eigenvalue weighted by atomic mass is 9.87. The van der Waals surface area contributed by atoms with Gasteiger partial charge in [-0.3, -0.25) is 0 Å². The highest BCUT2D eigenvalue weighted by Gasteiger charge is 2.38. The SMILES string of the molecule is C/C(=C\C1CC2CCC1C2)C(C)N. The Bertz CT molecular complexity index is 217. The molecule has 2 bridgehead atoms. The van der Waals surface area contributed by atoms with Crippen LogP contribution in [0.25, 0.3) is 0 Å². The molecule has 2 saturated carbocycles. The summed E-state index contributed by atoms with van der Waals surface area (Å²) in [4.78, 5) is 0. The number of hydrogen-bond acceptors (Lipinski definition) is 1. The van der Waals surface area contributed by atoms with Gasteiger partial charge in [0, 0.05) is 6.04 Å². The van der Waals surface area contributed by atoms with E-state index < -0.39 is 0 Å². The maximum atomic E-state index is 5.84. The van der Waals surface area contributed by atoms with Crippen LogP contribution in [0.2, 0.25) is 0 Å². The standard InChI is InChI=1S/C12H21N/c1-8(9(2)13)5-12-7-10-3-4-11(12)6-10/h5,9-12H,3-4,6-7,13H2,1-2H3/b8-5+. The fraction of sp³-hybridized carbons (Fsp3) is 0.833. The van der Waals surface area contributed by atoms with Crippen molar-refractivity contribution >= 4 is 0 Å². The van der Waals surface area contributed by atoms with Gasteiger partial charge in [0.1, 0.15) is 0 Å². The molecule has 2 fully saturated rings. The summed E-state index contributed by atoms with van der Waals surface area (Å²) in [7, 11) is 0. The topological polar surface area (TPSA) is 26.0 Å². The summed E-state index contributed by atoms with van der Waals surface area (Å²) >= 11 is 0. The van der Waals surface area contributed by atoms with Crippen LogP contribution in [-0.2, 0) is 0 Å². The predicted octanol–water partition coefficient (Wildman–Crippen LogP) is 2.72. The van der Waals surface area contributed by atoms with E-state index in [-0.39, 0.29) is 6.04 Å². The first-order valence-electron chi connectivity index (χ1n) is 5.60. The summed E-state index contributed by atoms with van der Waals surface area (Å²) in [6.45, 7) is 4.26. The Morgan fingerprint density at radius 3 is 2.62 bits per heavy atom. The van der Waals surface area contributed by atoms with Crippen LogP contribution < -0.4 is 5.73 Å². The largest absolute Gasteiger partial charge is 0.324 e. The fourth-order valence-corrected chi connectivity index (χ4v) is 2.99. The van der Waals surface area contributed by atoms with E-state index in [0.717, 1.165) is 17.8 Å². The summed E-state index contributed by atoms with van der Waals surface area (Å²) in [6.07, 6.45) is 8.35. The smallest absolute Gasteiger partial charge is 0.0222 e. The van der Waals surface area contributed by atoms with E-state index in [4.69, 9.17) is 5.73 Å². The first-order chi connectivity index (χ1) is 6.16. The number of nitrogens with two attached hydrogens (primary N) is 1. The Balaban J connectivity index is 1.99. The summed E-state index contributed by atoms with van der Waals surface area (Å²) in [5.74, 6) is 2.91. The van der Waals surface area contributed by atoms with Gasteiger partial charge in [0.25, 0.3) is 0 Å². The molecule has 0 radical (unpaired) electrons. The van der Waals surface area contributed by atoms with Crippen LogP contribution in [0.4, 0.5) is 0 Å². The lowest BCUT2D eigenvalue weighted by Crippen LogP contribution is -2.18. The molecule has 2 rings (SSSR count). The summed E-state index contributed by atoms with van der Waals surface area (Å²) in [5.41, 5.74) is 7.23. The van der Waals surface area contributed by atoms with Gasteiger partial charge in [-0.05, 0) is 50.9 Å². The van der Waals surface area contributed by atoms with E-state index >= 15 is 0 Å². The van der Waals surface area contributed by atoms with E-state index in [1.54, 1.807) is 0 Å². The molecule has 2 N–H and O–H groups in total. The van der Waals surface area contributed by atoms with E-state index in [1.165, 1.54) is 31.3 Å². The first-order valence-corrected chi connectivity index (χ1v) is 5.60. The van der Waals surface area contributed by atoms with Gasteiger partial charge in [-0.1, -0.05) is 18.1 Å². The normalized spacial score (nSPS) is 41.2. The van der Waals surface area contributed by atoms with Crippen LogP contribution in [0.15, 0.2) is 11.6 Å². The molecule has 4 atom stereocenters. The lowest BCUT2D eigenvalue weighted by Gasteiger charge is -2.19. The molecule has 0 aromatic carbocycles. The van der Waals surface area contributed by atoms with Gasteiger partial charge in [0.15, 0.2) is 0 Å². The molecule has 0 aromatic heterocycles. The summed E-state index contributed by atoms with van der Waals surface area (Å²) in [5, 5.41) is 0. The maximum absolute atomic E-state index is 5.84. The molecule has 2 aliphatic rings. The van der Waals surface area contributed by atoms with Gasteiger partial charge < -0.3 is 5.73 Å². The molecule has 0 heterocycles. The highest BCUT2D eigenvalue weighted by molar-refractivity contribution is 5.11. The van der Waals surface area contributed by atoms with Crippen LogP contribution in [0.3, 0.4) is 0 Å². The molecule has 0 aromatic rings. The van der Waals surface area contributed by atoms with Crippen molar-refractivity contribution in [3.05, 3.63) is 11.6 Å². The van der Waals surface area contributed by atoms with Crippen LogP contribution in [-0.4, -0.2) is 6.04 Å². The third-order valence-electron chi connectivity index (χ3n) is 3.99. The minimum absolute atomic E-state index is 0.249. The Morgan fingerprint density at radius 2 is 2.15 bits per heavy atom. The second kappa shape index (κ2) is 3.45. The van der Waals surface area contributed by atoms with Crippen LogP contribution in [0, 0.1) is 17.8 Å². The zero-order chi connectivity index (χ0) is 9.42. The van der Waals surface area contributed by atoms with Gasteiger partial charge in [-0.2, -0.15) is 0 Å². The van der Waals surface area contributed by atoms with E-state index in [0.29, 0.717) is 0 Å². The van der Waals surface area contributed by atoms with Gasteiger partial charge in [-0.15, -0.1) is 0 Å². The summed E-state index contributed by atoms with van der Waals surface area (Å²) < 4.78 is 0. The third-order valence-corrected chi connectivity index (χ3v) is 3.99. The fourth-order valence-electron chi connectivity index (χ4n) is 2.99. The molecule has 1 nitrogen and oxygen atoms in total. The maximum Gasteiger partial charge on any atom is 0.0222 e. The van der Waals surface area contributed by atoms with Crippen LogP contribution in [0.5, 0.6) is 0 Å². The van der Waals surface area contributed by atoms with Crippen molar-refractivity contribution in [1.29, 1.82) is 0 Å². The van der Waals surface area contributed by atoms with Gasteiger partial charge in [0.2, 0.25) is 0 Å². The van der Waals surface area contributed by atoms with Crippen LogP contribution >= 0.6 is 0 Å². The van der Waals surface area contributed by atoms with Crippen molar-refractivity contribution < 1.29 is 0 Å². The molecular weight excluding hydrogens is 158 g/mol. The van der Waals surface area contributed by atoms with Crippen molar-refractivity contribution in [2.75, 3.05) is 0 Å². The Kier molecular flexibility index (Phi) is 2.46. The van der Waals surface area contributed by atoms with Crippen LogP contribution in [0.1, 0.15) is 39.5 Å². The molecule has 1 heteroatoms. The molecule has 13 heavy (non-hydrogen) atoms. The first kappa shape index (κ1) is 9.26. The van der Waals surface area contributed by atoms with Gasteiger partial charge in [-0.25, -0.2) is 0 Å². The quantitative estimate of drug-likeness (QED) is 0.648. The Labute approximate surface area is 81.4 Å². The third kappa shape index (κ3) is 1.80. The monoisotopic (exact) mass is 179 g/mol. The Morgan fingerprint density at radius 1 is 1.38 bits per heavy atom. The average Bonchev–Trinajstić information content (AvgIpc) is 2.64. The second-order valence-electron chi connectivity index (χ2n) is 5.04. The molecule has 2 aliphatic carbocycles. The molecule has 4 unspecified atom stereocenters. The number of allylic oxidation sites excluding steroid dienone is 1. The lowest BCUT2D eigenvalue weighted by molar-refractivity contribution is 0.392. The molecule has 0 aliphatic heterocycles. The average molecular weight is 179 g/mol. The van der Waals surface area contributed by atoms with Crippen molar-refractivity contribution in [3.63, 3.8) is 0 Å². The molecule has 74 valence electrons. The second-order valence-corrected chi connectivity index (χ2v) is 5.04. The Hall–Kier alpha value is -0.300. The summed E-state index contributed by atoms with van der Waals surface area (Å²) in [6, 6.07) is 0.249. The van der Waals surface area contributed by atoms with Gasteiger partial charge in [0.05, 0.1) is 0 Å². The molecular formula is C12H21N. The van der Waals surface area contributed by atoms with Crippen molar-refractivity contribution in [1.82, 2.24) is 0 Å². The van der Waals surface area contributed by atoms with Crippen molar-refractivity contribution in [2.45, 2.75) is 45.6 Å². The molecule has 0 amide bonds. The van der Waals surface area contributed by atoms with Crippen molar-refractivity contribution in [3.8, 4) is 0 Å². The molecule has 0 saturated heterocycles. The van der Waals surface area contributed by atoms with Gasteiger partial charge >= 0.3 is 0 Å². The number of hydrogen-bond donors (Lipinski definition) is 1. The minimum atomic E-state index is 0.249. The van der Waals surface area contributed by atoms with E-state index in [1.807, 2.05) is 0 Å². The van der Waals surface area contributed by atoms with E-state index in [9.17, 15) is 0 Å². The van der Waals surface area contributed by atoms with Crippen molar-refractivity contribution in [2.24, 2.45) is 23.5 Å². The minimum Gasteiger partial charge on any atom is -0.324 e. The number of fused-ring (bicyclic) bond motifs is 2. The predicted molar refractivity (Wildman–Crippen MR) is 56.3 cm³/mol.